The highest BCUT2D eigenvalue weighted by molar-refractivity contribution is 7.90. The van der Waals surface area contributed by atoms with Gasteiger partial charge in [-0.25, -0.2) is 4.72 Å². The molecule has 10 rings (SSSR count). The summed E-state index contributed by atoms with van der Waals surface area (Å²) in [6.07, 6.45) is 7.90. The molecular formula is C49H60N10O7S. The van der Waals surface area contributed by atoms with Crippen LogP contribution in [0.25, 0.3) is 11.0 Å². The SMILES string of the molecule is CC(C)c1ccccc1[C@@H]1CN(C)CCN1C1CC2(CCN(c3ccc(C(=O)NS(=O)(=O)c4ccc(NCC5CCOCC5)c([N+](=O)[O-])n4)c(N4CCOc5nc6[nH]ccc6cc54)c3)CC2)C1. The first kappa shape index (κ1) is 45.0. The van der Waals surface area contributed by atoms with Crippen LogP contribution in [-0.4, -0.2) is 123 Å². The predicted octanol–water partition coefficient (Wildman–Crippen LogP) is 7.21. The molecule has 17 nitrogen and oxygen atoms in total. The van der Waals surface area contributed by atoms with Crippen LogP contribution >= 0.6 is 0 Å². The number of amides is 1. The van der Waals surface area contributed by atoms with Crippen LogP contribution in [0.5, 0.6) is 5.88 Å². The highest BCUT2D eigenvalue weighted by Gasteiger charge is 2.50. The van der Waals surface area contributed by atoms with Gasteiger partial charge in [-0.15, -0.1) is 0 Å². The third-order valence-corrected chi connectivity index (χ3v) is 16.1. The lowest BCUT2D eigenvalue weighted by molar-refractivity contribution is -0.389. The second-order valence-corrected chi connectivity index (χ2v) is 21.1. The molecule has 2 aromatic carbocycles. The molecule has 354 valence electrons. The van der Waals surface area contributed by atoms with E-state index in [1.54, 1.807) is 12.3 Å². The van der Waals surface area contributed by atoms with Gasteiger partial charge in [0.15, 0.2) is 0 Å². The summed E-state index contributed by atoms with van der Waals surface area (Å²) < 4.78 is 41.4. The largest absolute Gasteiger partial charge is 0.474 e. The highest BCUT2D eigenvalue weighted by Crippen LogP contribution is 2.53. The lowest BCUT2D eigenvalue weighted by Gasteiger charge is -2.58. The van der Waals surface area contributed by atoms with Crippen LogP contribution < -0.4 is 24.6 Å². The highest BCUT2D eigenvalue weighted by atomic mass is 32.2. The number of hydrogen-bond acceptors (Lipinski definition) is 14. The molecule has 1 aliphatic carbocycles. The second kappa shape index (κ2) is 18.3. The van der Waals surface area contributed by atoms with E-state index in [4.69, 9.17) is 14.5 Å². The fraction of sp³-hybridized carbons (Fsp3) is 0.490. The molecule has 0 bridgehead atoms. The lowest BCUT2D eigenvalue weighted by Crippen LogP contribution is -2.59. The zero-order valence-corrected chi connectivity index (χ0v) is 39.3. The minimum Gasteiger partial charge on any atom is -0.474 e. The maximum absolute atomic E-state index is 14.3. The number of piperazine rings is 1. The van der Waals surface area contributed by atoms with Gasteiger partial charge in [-0.1, -0.05) is 38.1 Å². The Morgan fingerprint density at radius 3 is 2.52 bits per heavy atom. The number of ether oxygens (including phenoxy) is 2. The molecule has 3 aromatic heterocycles. The van der Waals surface area contributed by atoms with Gasteiger partial charge in [0, 0.05) is 87.9 Å². The van der Waals surface area contributed by atoms with Gasteiger partial charge in [0.05, 0.1) is 17.8 Å². The Kier molecular flexibility index (Phi) is 12.3. The van der Waals surface area contributed by atoms with Crippen LogP contribution in [-0.2, 0) is 14.8 Å². The van der Waals surface area contributed by atoms with Gasteiger partial charge < -0.3 is 44.6 Å². The minimum atomic E-state index is -4.66. The Labute approximate surface area is 391 Å². The number of anilines is 4. The van der Waals surface area contributed by atoms with Crippen molar-refractivity contribution in [3.05, 3.63) is 99.7 Å². The number of hydrogen-bond donors (Lipinski definition) is 3. The zero-order chi connectivity index (χ0) is 46.5. The van der Waals surface area contributed by atoms with Crippen molar-refractivity contribution >= 4 is 55.5 Å². The Bertz CT molecular complexity index is 2760. The van der Waals surface area contributed by atoms with Crippen LogP contribution in [0.15, 0.2) is 78.0 Å². The van der Waals surface area contributed by atoms with E-state index in [0.717, 1.165) is 69.5 Å². The molecule has 1 atom stereocenters. The molecule has 18 heteroatoms. The van der Waals surface area contributed by atoms with Gasteiger partial charge in [0.25, 0.3) is 10.9 Å². The molecule has 4 fully saturated rings. The van der Waals surface area contributed by atoms with Crippen LogP contribution in [0.1, 0.15) is 85.8 Å². The summed E-state index contributed by atoms with van der Waals surface area (Å²) >= 11 is 0. The summed E-state index contributed by atoms with van der Waals surface area (Å²) in [5.41, 5.74) is 6.11. The summed E-state index contributed by atoms with van der Waals surface area (Å²) in [7, 11) is -2.42. The molecule has 0 radical (unpaired) electrons. The maximum atomic E-state index is 14.3. The lowest BCUT2D eigenvalue weighted by atomic mass is 9.59. The van der Waals surface area contributed by atoms with E-state index in [1.807, 2.05) is 29.2 Å². The van der Waals surface area contributed by atoms with Crippen molar-refractivity contribution in [2.45, 2.75) is 75.4 Å². The number of H-pyrrole nitrogens is 1. The molecule has 0 unspecified atom stereocenters. The van der Waals surface area contributed by atoms with Crippen molar-refractivity contribution in [3.63, 3.8) is 0 Å². The first-order valence-corrected chi connectivity index (χ1v) is 25.2. The fourth-order valence-electron chi connectivity index (χ4n) is 11.1. The summed E-state index contributed by atoms with van der Waals surface area (Å²) in [4.78, 5) is 47.1. The summed E-state index contributed by atoms with van der Waals surface area (Å²) in [6.45, 7) is 11.8. The number of nitro groups is 1. The summed E-state index contributed by atoms with van der Waals surface area (Å²) in [5, 5.41) is 15.4. The molecule has 3 saturated heterocycles. The number of benzene rings is 2. The molecule has 1 amide bonds. The maximum Gasteiger partial charge on any atom is 0.388 e. The zero-order valence-electron chi connectivity index (χ0n) is 38.4. The summed E-state index contributed by atoms with van der Waals surface area (Å²) in [5.74, 6) is -0.430. The number of rotatable bonds is 12. The number of pyridine rings is 2. The number of nitrogens with zero attached hydrogens (tertiary/aromatic N) is 7. The minimum absolute atomic E-state index is 0.100. The quantitative estimate of drug-likeness (QED) is 0.0840. The van der Waals surface area contributed by atoms with Crippen LogP contribution in [0.3, 0.4) is 0 Å². The van der Waals surface area contributed by atoms with Crippen molar-refractivity contribution in [2.75, 3.05) is 87.8 Å². The van der Waals surface area contributed by atoms with Gasteiger partial charge in [-0.2, -0.15) is 13.4 Å². The monoisotopic (exact) mass is 932 g/mol. The second-order valence-electron chi connectivity index (χ2n) is 19.4. The number of fused-ring (bicyclic) bond motifs is 2. The fourth-order valence-corrected chi connectivity index (χ4v) is 12.0. The van der Waals surface area contributed by atoms with Gasteiger partial charge in [0.2, 0.25) is 5.88 Å². The van der Waals surface area contributed by atoms with Crippen LogP contribution in [0.4, 0.5) is 28.6 Å². The smallest absolute Gasteiger partial charge is 0.388 e. The molecule has 1 spiro atoms. The van der Waals surface area contributed by atoms with Crippen molar-refractivity contribution < 1.29 is 27.6 Å². The van der Waals surface area contributed by atoms with Gasteiger partial charge in [-0.05, 0) is 120 Å². The predicted molar refractivity (Wildman–Crippen MR) is 257 cm³/mol. The van der Waals surface area contributed by atoms with Crippen molar-refractivity contribution in [2.24, 2.45) is 11.3 Å². The number of aromatic amines is 1. The van der Waals surface area contributed by atoms with E-state index >= 15 is 0 Å². The van der Waals surface area contributed by atoms with E-state index in [1.165, 1.54) is 36.1 Å². The molecule has 3 N–H and O–H groups in total. The molecule has 4 aliphatic heterocycles. The standard InChI is InChI=1S/C49H60N10O7S/c1-32(2)37-6-4-5-7-38(37)43-31-55(3)20-21-57(43)36-28-49(29-36)15-18-56(19-16-49)35-8-9-39(41(27-35)58-22-25-66-48-42(58)26-34-12-17-50-45(34)53-48)47(60)54-67(63,64)44-11-10-40(46(52-44)59(61)62)51-30-33-13-23-65-24-14-33/h4-12,17,26-27,32-33,36,43,51H,13-16,18-25,28-31H2,1-3H3,(H,50,53)(H,54,60)/t43-/m0/s1. The Balaban J connectivity index is 0.887. The van der Waals surface area contributed by atoms with Crippen molar-refractivity contribution in [1.82, 2.24) is 29.5 Å². The van der Waals surface area contributed by atoms with E-state index in [9.17, 15) is 23.3 Å². The Hall–Kier alpha value is -5.82. The normalized spacial score (nSPS) is 20.7. The average Bonchev–Trinajstić information content (AvgIpc) is 3.79. The number of aromatic nitrogens is 3. The Morgan fingerprint density at radius 2 is 1.75 bits per heavy atom. The molecular weight excluding hydrogens is 873 g/mol. The summed E-state index contributed by atoms with van der Waals surface area (Å²) in [6, 6.07) is 21.8. The molecule has 5 aliphatic rings. The van der Waals surface area contributed by atoms with Crippen LogP contribution in [0.2, 0.25) is 0 Å². The van der Waals surface area contributed by atoms with E-state index in [0.29, 0.717) is 67.2 Å². The van der Waals surface area contributed by atoms with Gasteiger partial charge >= 0.3 is 15.8 Å². The number of nitrogens with one attached hydrogen (secondary N) is 3. The number of piperidine rings is 1. The van der Waals surface area contributed by atoms with E-state index < -0.39 is 31.7 Å². The average molecular weight is 933 g/mol. The van der Waals surface area contributed by atoms with Crippen LogP contribution in [0, 0.1) is 21.4 Å². The van der Waals surface area contributed by atoms with Crippen molar-refractivity contribution in [1.29, 1.82) is 0 Å². The number of carbonyl (C=O) groups excluding carboxylic acids is 1. The molecule has 67 heavy (non-hydrogen) atoms. The van der Waals surface area contributed by atoms with E-state index in [-0.39, 0.29) is 29.2 Å². The van der Waals surface area contributed by atoms with Gasteiger partial charge in [-0.3, -0.25) is 9.69 Å². The van der Waals surface area contributed by atoms with Crippen molar-refractivity contribution in [3.8, 4) is 5.88 Å². The number of sulfonamides is 1. The topological polar surface area (TPSA) is 191 Å². The van der Waals surface area contributed by atoms with Gasteiger partial charge in [0.1, 0.15) is 23.6 Å². The Morgan fingerprint density at radius 1 is 0.955 bits per heavy atom. The molecule has 5 aromatic rings. The first-order valence-electron chi connectivity index (χ1n) is 23.7. The number of carbonyl (C=O) groups is 1. The number of likely N-dealkylation sites (N-methyl/N-ethyl adjacent to an activating group) is 1. The molecule has 7 heterocycles. The van der Waals surface area contributed by atoms with E-state index in [2.05, 4.69) is 79.9 Å². The third kappa shape index (κ3) is 9.03. The molecule has 1 saturated carbocycles. The first-order chi connectivity index (χ1) is 32.3. The third-order valence-electron chi connectivity index (χ3n) is 14.9.